The minimum Gasteiger partial charge on any atom is -0.462 e. The zero-order valence-corrected chi connectivity index (χ0v) is 12.5. The van der Waals surface area contributed by atoms with Crippen LogP contribution in [0.15, 0.2) is 54.6 Å². The van der Waals surface area contributed by atoms with Crippen molar-refractivity contribution in [1.82, 2.24) is 0 Å². The van der Waals surface area contributed by atoms with Crippen LogP contribution in [0.1, 0.15) is 19.4 Å². The van der Waals surface area contributed by atoms with Gasteiger partial charge in [0, 0.05) is 0 Å². The Morgan fingerprint density at radius 2 is 1.57 bits per heavy atom. The maximum absolute atomic E-state index is 11.7. The van der Waals surface area contributed by atoms with Gasteiger partial charge in [-0.05, 0) is 37.0 Å². The molecule has 1 unspecified atom stereocenters. The van der Waals surface area contributed by atoms with Gasteiger partial charge in [0.15, 0.2) is 0 Å². The minimum absolute atomic E-state index is 0.135. The van der Waals surface area contributed by atoms with E-state index in [1.54, 1.807) is 0 Å². The van der Waals surface area contributed by atoms with Crippen LogP contribution in [0.2, 0.25) is 0 Å². The maximum atomic E-state index is 11.7. The molecule has 3 nitrogen and oxygen atoms in total. The van der Waals surface area contributed by atoms with Crippen molar-refractivity contribution in [2.75, 3.05) is 0 Å². The highest BCUT2D eigenvalue weighted by Gasteiger charge is 2.16. The molecule has 2 aromatic rings. The molecule has 0 saturated carbocycles. The SMILES string of the molecule is CC(C)OC(=O)C(N)Cc1ccc(-c2ccccc2)cc1. The third-order valence-corrected chi connectivity index (χ3v) is 3.17. The molecule has 0 heterocycles. The van der Waals surface area contributed by atoms with E-state index in [-0.39, 0.29) is 12.1 Å². The van der Waals surface area contributed by atoms with Gasteiger partial charge < -0.3 is 10.5 Å². The van der Waals surface area contributed by atoms with Crippen LogP contribution in [0, 0.1) is 0 Å². The van der Waals surface area contributed by atoms with Gasteiger partial charge in [-0.2, -0.15) is 0 Å². The van der Waals surface area contributed by atoms with Gasteiger partial charge in [0.25, 0.3) is 0 Å². The molecule has 0 aliphatic heterocycles. The van der Waals surface area contributed by atoms with Crippen LogP contribution in [-0.2, 0) is 16.0 Å². The second-order valence-electron chi connectivity index (χ2n) is 5.36. The van der Waals surface area contributed by atoms with Crippen LogP contribution in [0.25, 0.3) is 11.1 Å². The number of rotatable bonds is 5. The van der Waals surface area contributed by atoms with E-state index < -0.39 is 6.04 Å². The molecule has 1 atom stereocenters. The molecule has 0 radical (unpaired) electrons. The number of benzene rings is 2. The number of hydrogen-bond acceptors (Lipinski definition) is 3. The van der Waals surface area contributed by atoms with Gasteiger partial charge in [-0.25, -0.2) is 0 Å². The molecule has 0 aliphatic rings. The van der Waals surface area contributed by atoms with Crippen molar-refractivity contribution in [2.45, 2.75) is 32.4 Å². The molecule has 2 N–H and O–H groups in total. The average Bonchev–Trinajstić information content (AvgIpc) is 2.48. The summed E-state index contributed by atoms with van der Waals surface area (Å²) in [6.07, 6.45) is 0.352. The summed E-state index contributed by atoms with van der Waals surface area (Å²) in [5.41, 5.74) is 9.23. The lowest BCUT2D eigenvalue weighted by atomic mass is 10.0. The van der Waals surface area contributed by atoms with Crippen molar-refractivity contribution in [3.05, 3.63) is 60.2 Å². The van der Waals surface area contributed by atoms with Gasteiger partial charge in [-0.1, -0.05) is 54.6 Å². The Morgan fingerprint density at radius 3 is 2.14 bits per heavy atom. The van der Waals surface area contributed by atoms with Gasteiger partial charge in [0.1, 0.15) is 6.04 Å². The number of hydrogen-bond donors (Lipinski definition) is 1. The number of nitrogens with two attached hydrogens (primary N) is 1. The largest absolute Gasteiger partial charge is 0.462 e. The van der Waals surface area contributed by atoms with Crippen molar-refractivity contribution in [2.24, 2.45) is 5.73 Å². The molecule has 0 amide bonds. The predicted molar refractivity (Wildman–Crippen MR) is 84.8 cm³/mol. The fourth-order valence-electron chi connectivity index (χ4n) is 2.12. The molecule has 2 rings (SSSR count). The molecule has 21 heavy (non-hydrogen) atoms. The van der Waals surface area contributed by atoms with Gasteiger partial charge >= 0.3 is 5.97 Å². The van der Waals surface area contributed by atoms with E-state index in [4.69, 9.17) is 10.5 Å². The van der Waals surface area contributed by atoms with Crippen LogP contribution in [0.4, 0.5) is 0 Å². The average molecular weight is 283 g/mol. The molecule has 0 aromatic heterocycles. The molecule has 0 aliphatic carbocycles. The quantitative estimate of drug-likeness (QED) is 0.857. The number of carbonyl (C=O) groups excluding carboxylic acids is 1. The van der Waals surface area contributed by atoms with E-state index in [0.717, 1.165) is 11.1 Å². The fraction of sp³-hybridized carbons (Fsp3) is 0.278. The Hall–Kier alpha value is -2.13. The van der Waals surface area contributed by atoms with Crippen LogP contribution < -0.4 is 5.73 Å². The van der Waals surface area contributed by atoms with Crippen molar-refractivity contribution in [3.8, 4) is 11.1 Å². The first kappa shape index (κ1) is 15.3. The normalized spacial score (nSPS) is 12.2. The molecule has 0 spiro atoms. The Balaban J connectivity index is 2.01. The fourth-order valence-corrected chi connectivity index (χ4v) is 2.12. The molecule has 3 heteroatoms. The summed E-state index contributed by atoms with van der Waals surface area (Å²) in [6.45, 7) is 3.64. The first-order valence-electron chi connectivity index (χ1n) is 7.16. The van der Waals surface area contributed by atoms with E-state index >= 15 is 0 Å². The molecule has 0 fully saturated rings. The summed E-state index contributed by atoms with van der Waals surface area (Å²) < 4.78 is 5.11. The maximum Gasteiger partial charge on any atom is 0.323 e. The highest BCUT2D eigenvalue weighted by atomic mass is 16.5. The molecule has 110 valence electrons. The second kappa shape index (κ2) is 7.04. The number of esters is 1. The van der Waals surface area contributed by atoms with Gasteiger partial charge in [0.2, 0.25) is 0 Å². The lowest BCUT2D eigenvalue weighted by molar-refractivity contribution is -0.148. The first-order valence-corrected chi connectivity index (χ1v) is 7.16. The van der Waals surface area contributed by atoms with E-state index in [2.05, 4.69) is 12.1 Å². The first-order chi connectivity index (χ1) is 10.1. The van der Waals surface area contributed by atoms with E-state index in [9.17, 15) is 4.79 Å². The van der Waals surface area contributed by atoms with E-state index in [1.807, 2.05) is 56.3 Å². The van der Waals surface area contributed by atoms with Crippen LogP contribution in [-0.4, -0.2) is 18.1 Å². The van der Waals surface area contributed by atoms with Crippen molar-refractivity contribution < 1.29 is 9.53 Å². The molecule has 2 aromatic carbocycles. The molecular weight excluding hydrogens is 262 g/mol. The van der Waals surface area contributed by atoms with Gasteiger partial charge in [0.05, 0.1) is 6.10 Å². The third-order valence-electron chi connectivity index (χ3n) is 3.17. The van der Waals surface area contributed by atoms with Crippen molar-refractivity contribution in [3.63, 3.8) is 0 Å². The van der Waals surface area contributed by atoms with Crippen LogP contribution in [0.3, 0.4) is 0 Å². The highest BCUT2D eigenvalue weighted by molar-refractivity contribution is 5.76. The highest BCUT2D eigenvalue weighted by Crippen LogP contribution is 2.19. The standard InChI is InChI=1S/C18H21NO2/c1-13(2)21-18(20)17(19)12-14-8-10-16(11-9-14)15-6-4-3-5-7-15/h3-11,13,17H,12,19H2,1-2H3. The lowest BCUT2D eigenvalue weighted by Crippen LogP contribution is -2.35. The summed E-state index contributed by atoms with van der Waals surface area (Å²) in [6, 6.07) is 17.7. The third kappa shape index (κ3) is 4.43. The minimum atomic E-state index is -0.616. The van der Waals surface area contributed by atoms with E-state index in [1.165, 1.54) is 5.56 Å². The Kier molecular flexibility index (Phi) is 5.12. The lowest BCUT2D eigenvalue weighted by Gasteiger charge is -2.14. The predicted octanol–water partition coefficient (Wildman–Crippen LogP) is 3.18. The Labute approximate surface area is 125 Å². The van der Waals surface area contributed by atoms with Crippen molar-refractivity contribution >= 4 is 5.97 Å². The monoisotopic (exact) mass is 283 g/mol. The molecular formula is C18H21NO2. The Morgan fingerprint density at radius 1 is 1.00 bits per heavy atom. The Bertz CT molecular complexity index is 576. The number of carbonyl (C=O) groups is 1. The summed E-state index contributed by atoms with van der Waals surface area (Å²) in [5, 5.41) is 0. The topological polar surface area (TPSA) is 52.3 Å². The zero-order chi connectivity index (χ0) is 15.2. The smallest absolute Gasteiger partial charge is 0.323 e. The summed E-state index contributed by atoms with van der Waals surface area (Å²) in [5.74, 6) is -0.350. The van der Waals surface area contributed by atoms with Crippen LogP contribution >= 0.6 is 0 Å². The summed E-state index contributed by atoms with van der Waals surface area (Å²) >= 11 is 0. The zero-order valence-electron chi connectivity index (χ0n) is 12.5. The van der Waals surface area contributed by atoms with Gasteiger partial charge in [-0.15, -0.1) is 0 Å². The van der Waals surface area contributed by atoms with Crippen LogP contribution in [0.5, 0.6) is 0 Å². The number of ether oxygens (including phenoxy) is 1. The summed E-state index contributed by atoms with van der Waals surface area (Å²) in [4.78, 5) is 11.7. The molecule has 0 bridgehead atoms. The van der Waals surface area contributed by atoms with Gasteiger partial charge in [-0.3, -0.25) is 4.79 Å². The van der Waals surface area contributed by atoms with E-state index in [0.29, 0.717) is 6.42 Å². The molecule has 0 saturated heterocycles. The second-order valence-corrected chi connectivity index (χ2v) is 5.36. The summed E-state index contributed by atoms with van der Waals surface area (Å²) in [7, 11) is 0. The van der Waals surface area contributed by atoms with Crippen molar-refractivity contribution in [1.29, 1.82) is 0 Å².